The fourth-order valence-corrected chi connectivity index (χ4v) is 3.28. The first-order valence-electron chi connectivity index (χ1n) is 10.1. The average Bonchev–Trinajstić information content (AvgIpc) is 2.80. The molecule has 0 saturated heterocycles. The largest absolute Gasteiger partial charge is 0.595 e. The molecule has 0 aliphatic rings. The van der Waals surface area contributed by atoms with Crippen molar-refractivity contribution < 1.29 is 24.8 Å². The Labute approximate surface area is 193 Å². The Morgan fingerprint density at radius 3 is 2.56 bits per heavy atom. The van der Waals surface area contributed by atoms with Crippen LogP contribution in [0.1, 0.15) is 22.7 Å². The van der Waals surface area contributed by atoms with Crippen LogP contribution in [0.4, 0.5) is 11.4 Å². The zero-order chi connectivity index (χ0) is 25.0. The lowest BCUT2D eigenvalue weighted by Gasteiger charge is -2.17. The van der Waals surface area contributed by atoms with Gasteiger partial charge in [-0.3, -0.25) is 14.4 Å². The van der Waals surface area contributed by atoms with Crippen LogP contribution in [-0.4, -0.2) is 46.9 Å². The second-order valence-corrected chi connectivity index (χ2v) is 7.42. The molecule has 3 aromatic rings. The van der Waals surface area contributed by atoms with Gasteiger partial charge in [0.15, 0.2) is 11.6 Å². The number of quaternary nitrogens is 1. The molecule has 178 valence electrons. The van der Waals surface area contributed by atoms with E-state index in [1.54, 1.807) is 12.1 Å². The molecule has 12 nitrogen and oxygen atoms in total. The maximum Gasteiger partial charge on any atom is 0.321 e. The number of nitrogens with zero attached hydrogens (tertiary/aromatic N) is 2. The molecule has 12 heteroatoms. The summed E-state index contributed by atoms with van der Waals surface area (Å²) in [6.45, 7) is 3.82. The van der Waals surface area contributed by atoms with E-state index >= 15 is 0 Å². The molecule has 2 unspecified atom stereocenters. The number of esters is 1. The lowest BCUT2D eigenvalue weighted by Crippen LogP contribution is -2.99. The fourth-order valence-electron chi connectivity index (χ4n) is 3.28. The van der Waals surface area contributed by atoms with Crippen molar-refractivity contribution in [1.29, 1.82) is 0 Å². The van der Waals surface area contributed by atoms with Crippen LogP contribution in [-0.2, 0) is 14.3 Å². The van der Waals surface area contributed by atoms with Crippen molar-refractivity contribution in [3.63, 3.8) is 0 Å². The van der Waals surface area contributed by atoms with Crippen LogP contribution in [0.3, 0.4) is 0 Å². The number of carbonyl (C=O) groups is 2. The number of amides is 1. The minimum atomic E-state index is -1.56. The zero-order valence-corrected chi connectivity index (χ0v) is 18.9. The molecule has 0 radical (unpaired) electrons. The summed E-state index contributed by atoms with van der Waals surface area (Å²) in [5.74, 6) is -3.23. The van der Waals surface area contributed by atoms with Crippen molar-refractivity contribution in [1.82, 2.24) is 15.4 Å². The number of aromatic nitrogens is 2. The van der Waals surface area contributed by atoms with E-state index in [1.165, 1.54) is 25.2 Å². The van der Waals surface area contributed by atoms with E-state index in [4.69, 9.17) is 9.94 Å². The van der Waals surface area contributed by atoms with Gasteiger partial charge in [0.2, 0.25) is 0 Å². The van der Waals surface area contributed by atoms with E-state index in [2.05, 4.69) is 25.8 Å². The van der Waals surface area contributed by atoms with Crippen molar-refractivity contribution in [3.8, 4) is 0 Å². The Hall–Kier alpha value is -4.13. The van der Waals surface area contributed by atoms with Gasteiger partial charge in [-0.05, 0) is 43.2 Å². The van der Waals surface area contributed by atoms with Crippen LogP contribution >= 0.6 is 0 Å². The number of anilines is 1. The number of aromatic amines is 1. The summed E-state index contributed by atoms with van der Waals surface area (Å²) >= 11 is 0. The zero-order valence-electron chi connectivity index (χ0n) is 18.9. The van der Waals surface area contributed by atoms with Crippen LogP contribution < -0.4 is 21.5 Å². The molecular weight excluding hydrogens is 444 g/mol. The minimum absolute atomic E-state index is 0.0487. The van der Waals surface area contributed by atoms with Gasteiger partial charge in [0.1, 0.15) is 11.4 Å². The third kappa shape index (κ3) is 5.09. The summed E-state index contributed by atoms with van der Waals surface area (Å²) in [7, 11) is 2.55. The predicted molar refractivity (Wildman–Crippen MR) is 124 cm³/mol. The Bertz CT molecular complexity index is 1330. The standard InChI is InChI=1S/C22H24N6O6/c1-11-5-6-13(9-12(11)2)24-21(30)19(27-23-3)17(22(31)34-4)18-20(29)26-16-10-14(28(32)33)7-8-15(16)25-18/h5-10,17,23,28,32H,1-4H3,(H,24,30)(H,26,29)/b27-19+. The van der Waals surface area contributed by atoms with E-state index in [9.17, 15) is 19.6 Å². The number of ether oxygens (including phenoxy) is 1. The van der Waals surface area contributed by atoms with Crippen molar-refractivity contribution >= 4 is 40.0 Å². The molecule has 34 heavy (non-hydrogen) atoms. The minimum Gasteiger partial charge on any atom is -0.595 e. The second kappa shape index (κ2) is 10.2. The third-order valence-electron chi connectivity index (χ3n) is 5.18. The highest BCUT2D eigenvalue weighted by Gasteiger charge is 2.36. The number of hydrogen-bond donors (Lipinski definition) is 5. The number of methoxy groups -OCH3 is 1. The molecule has 1 aromatic heterocycles. The Balaban J connectivity index is 2.09. The first-order valence-corrected chi connectivity index (χ1v) is 10.1. The Morgan fingerprint density at radius 1 is 1.21 bits per heavy atom. The number of benzene rings is 2. The van der Waals surface area contributed by atoms with Gasteiger partial charge >= 0.3 is 5.97 Å². The van der Waals surface area contributed by atoms with E-state index < -0.39 is 28.6 Å². The summed E-state index contributed by atoms with van der Waals surface area (Å²) in [5, 5.41) is 25.8. The smallest absolute Gasteiger partial charge is 0.321 e. The molecule has 0 fully saturated rings. The second-order valence-electron chi connectivity index (χ2n) is 7.42. The van der Waals surface area contributed by atoms with Crippen molar-refractivity contribution in [3.05, 3.63) is 68.8 Å². The summed E-state index contributed by atoms with van der Waals surface area (Å²) in [5.41, 5.74) is 3.79. The maximum atomic E-state index is 13.1. The summed E-state index contributed by atoms with van der Waals surface area (Å²) in [6, 6.07) is 9.24. The molecule has 0 aliphatic carbocycles. The normalized spacial score (nSPS) is 13.3. The molecule has 0 spiro atoms. The Kier molecular flexibility index (Phi) is 7.36. The summed E-state index contributed by atoms with van der Waals surface area (Å²) < 4.78 is 4.85. The van der Waals surface area contributed by atoms with Gasteiger partial charge in [0.05, 0.1) is 18.1 Å². The summed E-state index contributed by atoms with van der Waals surface area (Å²) in [4.78, 5) is 45.5. The van der Waals surface area contributed by atoms with Crippen molar-refractivity contribution in [2.24, 2.45) is 5.10 Å². The number of nitrogens with one attached hydrogen (secondary N) is 4. The van der Waals surface area contributed by atoms with Crippen LogP contribution in [0.15, 0.2) is 46.3 Å². The predicted octanol–water partition coefficient (Wildman–Crippen LogP) is 0.414. The SMILES string of the molecule is CN/N=C(/C(=O)Nc1ccc(C)c(C)c1)C(C(=O)OC)c1nc2ccc([NH+]([O-])O)cc2[nH]c1=O. The van der Waals surface area contributed by atoms with Crippen LogP contribution in [0.2, 0.25) is 0 Å². The quantitative estimate of drug-likeness (QED) is 0.188. The first kappa shape index (κ1) is 24.5. The number of H-pyrrole nitrogens is 1. The van der Waals surface area contributed by atoms with E-state index in [-0.39, 0.29) is 28.1 Å². The van der Waals surface area contributed by atoms with Gasteiger partial charge in [-0.25, -0.2) is 10.2 Å². The van der Waals surface area contributed by atoms with Crippen molar-refractivity contribution in [2.75, 3.05) is 19.5 Å². The monoisotopic (exact) mass is 468 g/mol. The number of aryl methyl sites for hydroxylation is 2. The molecule has 0 bridgehead atoms. The first-order chi connectivity index (χ1) is 16.2. The third-order valence-corrected chi connectivity index (χ3v) is 5.18. The molecule has 1 heterocycles. The molecule has 0 saturated carbocycles. The number of fused-ring (bicyclic) bond motifs is 1. The highest BCUT2D eigenvalue weighted by Crippen LogP contribution is 2.20. The molecule has 1 amide bonds. The molecule has 5 N–H and O–H groups in total. The summed E-state index contributed by atoms with van der Waals surface area (Å²) in [6.07, 6.45) is 0. The highest BCUT2D eigenvalue weighted by molar-refractivity contribution is 6.47. The molecular formula is C22H24N6O6. The van der Waals surface area contributed by atoms with Gasteiger partial charge in [-0.1, -0.05) is 6.07 Å². The number of hydrazone groups is 1. The Morgan fingerprint density at radius 2 is 1.94 bits per heavy atom. The van der Waals surface area contributed by atoms with Gasteiger partial charge < -0.3 is 25.7 Å². The number of rotatable bonds is 7. The van der Waals surface area contributed by atoms with Gasteiger partial charge in [-0.2, -0.15) is 10.3 Å². The number of hydrogen-bond acceptors (Lipinski definition) is 9. The van der Waals surface area contributed by atoms with E-state index in [1.807, 2.05) is 19.9 Å². The average molecular weight is 468 g/mol. The molecule has 2 atom stereocenters. The van der Waals surface area contributed by atoms with Crippen LogP contribution in [0, 0.1) is 19.1 Å². The van der Waals surface area contributed by atoms with E-state index in [0.717, 1.165) is 18.2 Å². The topological polar surface area (TPSA) is 173 Å². The van der Waals surface area contributed by atoms with Gasteiger partial charge in [0, 0.05) is 24.9 Å². The van der Waals surface area contributed by atoms with Crippen molar-refractivity contribution in [2.45, 2.75) is 19.8 Å². The van der Waals surface area contributed by atoms with E-state index in [0.29, 0.717) is 5.69 Å². The van der Waals surface area contributed by atoms with Gasteiger partial charge in [0.25, 0.3) is 11.5 Å². The number of carbonyl (C=O) groups excluding carboxylic acids is 2. The lowest BCUT2D eigenvalue weighted by molar-refractivity contribution is -0.991. The molecule has 2 aromatic carbocycles. The lowest BCUT2D eigenvalue weighted by atomic mass is 9.98. The van der Waals surface area contributed by atoms with Crippen LogP contribution in [0.25, 0.3) is 11.0 Å². The molecule has 0 aliphatic heterocycles. The maximum absolute atomic E-state index is 13.1. The van der Waals surface area contributed by atoms with Gasteiger partial charge in [-0.15, -0.1) is 0 Å². The highest BCUT2D eigenvalue weighted by atomic mass is 16.8. The van der Waals surface area contributed by atoms with Crippen LogP contribution in [0.5, 0.6) is 0 Å². The molecule has 3 rings (SSSR count). The fraction of sp³-hybridized carbons (Fsp3) is 0.227.